The molecule has 0 saturated carbocycles. The molecule has 2 aromatic rings. The van der Waals surface area contributed by atoms with Gasteiger partial charge in [0.15, 0.2) is 5.78 Å². The van der Waals surface area contributed by atoms with E-state index in [0.717, 1.165) is 17.8 Å². The van der Waals surface area contributed by atoms with Gasteiger partial charge in [-0.25, -0.2) is 0 Å². The molecule has 3 heteroatoms. The number of nitrogens with one attached hydrogen (secondary N) is 1. The van der Waals surface area contributed by atoms with Gasteiger partial charge in [0.05, 0.1) is 0 Å². The van der Waals surface area contributed by atoms with Gasteiger partial charge in [0, 0.05) is 28.4 Å². The maximum Gasteiger partial charge on any atom is 0.195 e. The summed E-state index contributed by atoms with van der Waals surface area (Å²) in [6, 6.07) is 12.9. The SMILES string of the molecule is CCNc1cc(Cl)c(C)cc1C(=O)c1ccccc1. The minimum atomic E-state index is 0.0105. The van der Waals surface area contributed by atoms with E-state index in [2.05, 4.69) is 5.32 Å². The Kier molecular flexibility index (Phi) is 4.23. The van der Waals surface area contributed by atoms with Crippen molar-refractivity contribution in [1.29, 1.82) is 0 Å². The van der Waals surface area contributed by atoms with Gasteiger partial charge in [-0.05, 0) is 31.5 Å². The fourth-order valence-electron chi connectivity index (χ4n) is 1.95. The largest absolute Gasteiger partial charge is 0.385 e. The molecule has 19 heavy (non-hydrogen) atoms. The van der Waals surface area contributed by atoms with Crippen molar-refractivity contribution in [2.45, 2.75) is 13.8 Å². The van der Waals surface area contributed by atoms with Crippen LogP contribution in [0.15, 0.2) is 42.5 Å². The zero-order valence-corrected chi connectivity index (χ0v) is 11.8. The minimum absolute atomic E-state index is 0.0105. The van der Waals surface area contributed by atoms with E-state index in [4.69, 9.17) is 11.6 Å². The van der Waals surface area contributed by atoms with E-state index in [1.807, 2.05) is 56.3 Å². The monoisotopic (exact) mass is 273 g/mol. The first-order valence-electron chi connectivity index (χ1n) is 6.27. The highest BCUT2D eigenvalue weighted by molar-refractivity contribution is 6.32. The van der Waals surface area contributed by atoms with Crippen molar-refractivity contribution in [3.05, 3.63) is 64.2 Å². The van der Waals surface area contributed by atoms with Crippen molar-refractivity contribution in [3.63, 3.8) is 0 Å². The molecule has 2 aromatic carbocycles. The molecule has 0 spiro atoms. The van der Waals surface area contributed by atoms with Crippen LogP contribution in [0.4, 0.5) is 5.69 Å². The predicted octanol–water partition coefficient (Wildman–Crippen LogP) is 4.31. The second-order valence-electron chi connectivity index (χ2n) is 4.37. The third-order valence-electron chi connectivity index (χ3n) is 2.95. The van der Waals surface area contributed by atoms with Crippen LogP contribution < -0.4 is 5.32 Å². The average Bonchev–Trinajstić information content (AvgIpc) is 2.43. The van der Waals surface area contributed by atoms with Crippen molar-refractivity contribution in [3.8, 4) is 0 Å². The number of benzene rings is 2. The maximum atomic E-state index is 12.5. The van der Waals surface area contributed by atoms with Gasteiger partial charge in [0.25, 0.3) is 0 Å². The molecule has 0 fully saturated rings. The van der Waals surface area contributed by atoms with Crippen LogP contribution in [0.3, 0.4) is 0 Å². The van der Waals surface area contributed by atoms with E-state index < -0.39 is 0 Å². The van der Waals surface area contributed by atoms with Crippen LogP contribution in [-0.4, -0.2) is 12.3 Å². The summed E-state index contributed by atoms with van der Waals surface area (Å²) in [4.78, 5) is 12.5. The van der Waals surface area contributed by atoms with E-state index in [-0.39, 0.29) is 5.78 Å². The summed E-state index contributed by atoms with van der Waals surface area (Å²) in [5.74, 6) is 0.0105. The molecule has 0 radical (unpaired) electrons. The lowest BCUT2D eigenvalue weighted by atomic mass is 9.99. The molecule has 0 atom stereocenters. The van der Waals surface area contributed by atoms with Crippen LogP contribution in [0.5, 0.6) is 0 Å². The molecular weight excluding hydrogens is 258 g/mol. The van der Waals surface area contributed by atoms with E-state index in [1.54, 1.807) is 0 Å². The maximum absolute atomic E-state index is 12.5. The summed E-state index contributed by atoms with van der Waals surface area (Å²) >= 11 is 6.12. The molecule has 0 bridgehead atoms. The van der Waals surface area contributed by atoms with Gasteiger partial charge in [0.2, 0.25) is 0 Å². The van der Waals surface area contributed by atoms with Crippen LogP contribution in [0.1, 0.15) is 28.4 Å². The van der Waals surface area contributed by atoms with Crippen LogP contribution in [0.25, 0.3) is 0 Å². The van der Waals surface area contributed by atoms with Crippen molar-refractivity contribution >= 4 is 23.1 Å². The van der Waals surface area contributed by atoms with Crippen LogP contribution in [0, 0.1) is 6.92 Å². The summed E-state index contributed by atoms with van der Waals surface area (Å²) in [5.41, 5.74) is 3.04. The number of ketones is 1. The molecule has 0 aliphatic carbocycles. The number of hydrogen-bond donors (Lipinski definition) is 1. The highest BCUT2D eigenvalue weighted by atomic mass is 35.5. The number of hydrogen-bond acceptors (Lipinski definition) is 2. The number of anilines is 1. The van der Waals surface area contributed by atoms with Gasteiger partial charge >= 0.3 is 0 Å². The van der Waals surface area contributed by atoms with E-state index in [0.29, 0.717) is 16.1 Å². The van der Waals surface area contributed by atoms with E-state index in [1.165, 1.54) is 0 Å². The molecular formula is C16H16ClNO. The fraction of sp³-hybridized carbons (Fsp3) is 0.188. The third-order valence-corrected chi connectivity index (χ3v) is 3.35. The molecule has 2 nitrogen and oxygen atoms in total. The molecule has 0 aromatic heterocycles. The second-order valence-corrected chi connectivity index (χ2v) is 4.78. The number of rotatable bonds is 4. The van der Waals surface area contributed by atoms with Crippen molar-refractivity contribution in [1.82, 2.24) is 0 Å². The van der Waals surface area contributed by atoms with E-state index >= 15 is 0 Å². The number of halogens is 1. The summed E-state index contributed by atoms with van der Waals surface area (Å²) in [6.07, 6.45) is 0. The molecule has 0 unspecified atom stereocenters. The molecule has 0 aliphatic heterocycles. The zero-order chi connectivity index (χ0) is 13.8. The Morgan fingerprint density at radius 2 is 1.89 bits per heavy atom. The normalized spacial score (nSPS) is 10.3. The van der Waals surface area contributed by atoms with Gasteiger partial charge in [-0.1, -0.05) is 41.9 Å². The summed E-state index contributed by atoms with van der Waals surface area (Å²) in [5, 5.41) is 3.86. The highest BCUT2D eigenvalue weighted by Crippen LogP contribution is 2.27. The van der Waals surface area contributed by atoms with Crippen LogP contribution >= 0.6 is 11.6 Å². The zero-order valence-electron chi connectivity index (χ0n) is 11.0. The van der Waals surface area contributed by atoms with Gasteiger partial charge in [-0.2, -0.15) is 0 Å². The highest BCUT2D eigenvalue weighted by Gasteiger charge is 2.15. The van der Waals surface area contributed by atoms with Crippen molar-refractivity contribution in [2.24, 2.45) is 0 Å². The molecule has 2 rings (SSSR count). The van der Waals surface area contributed by atoms with Gasteiger partial charge in [0.1, 0.15) is 0 Å². The Balaban J connectivity index is 2.49. The summed E-state index contributed by atoms with van der Waals surface area (Å²) in [7, 11) is 0. The van der Waals surface area contributed by atoms with Crippen molar-refractivity contribution < 1.29 is 4.79 Å². The first-order valence-corrected chi connectivity index (χ1v) is 6.65. The van der Waals surface area contributed by atoms with Gasteiger partial charge in [-0.3, -0.25) is 4.79 Å². The van der Waals surface area contributed by atoms with E-state index in [9.17, 15) is 4.79 Å². The smallest absolute Gasteiger partial charge is 0.195 e. The average molecular weight is 274 g/mol. The molecule has 98 valence electrons. The molecule has 0 saturated heterocycles. The quantitative estimate of drug-likeness (QED) is 0.841. The first-order chi connectivity index (χ1) is 9.13. The Morgan fingerprint density at radius 3 is 2.53 bits per heavy atom. The number of carbonyl (C=O) groups excluding carboxylic acids is 1. The van der Waals surface area contributed by atoms with Gasteiger partial charge in [-0.15, -0.1) is 0 Å². The van der Waals surface area contributed by atoms with Crippen molar-refractivity contribution in [2.75, 3.05) is 11.9 Å². The Morgan fingerprint density at radius 1 is 1.21 bits per heavy atom. The molecule has 0 aliphatic rings. The lowest BCUT2D eigenvalue weighted by Crippen LogP contribution is -2.08. The third kappa shape index (κ3) is 2.96. The van der Waals surface area contributed by atoms with Crippen LogP contribution in [0.2, 0.25) is 5.02 Å². The Labute approximate surface area is 118 Å². The number of carbonyl (C=O) groups is 1. The second kappa shape index (κ2) is 5.89. The topological polar surface area (TPSA) is 29.1 Å². The standard InChI is InChI=1S/C16H16ClNO/c1-3-18-15-10-14(17)11(2)9-13(15)16(19)12-7-5-4-6-8-12/h4-10,18H,3H2,1-2H3. The molecule has 1 N–H and O–H groups in total. The summed E-state index contributed by atoms with van der Waals surface area (Å²) < 4.78 is 0. The van der Waals surface area contributed by atoms with Crippen LogP contribution in [-0.2, 0) is 0 Å². The first kappa shape index (κ1) is 13.6. The molecule has 0 heterocycles. The molecule has 0 amide bonds. The minimum Gasteiger partial charge on any atom is -0.385 e. The Hall–Kier alpha value is -1.80. The Bertz CT molecular complexity index is 593. The number of aryl methyl sites for hydroxylation is 1. The summed E-state index contributed by atoms with van der Waals surface area (Å²) in [6.45, 7) is 4.64. The lowest BCUT2D eigenvalue weighted by Gasteiger charge is -2.12. The van der Waals surface area contributed by atoms with Gasteiger partial charge < -0.3 is 5.32 Å². The fourth-order valence-corrected chi connectivity index (χ4v) is 2.11. The predicted molar refractivity (Wildman–Crippen MR) is 80.2 cm³/mol. The lowest BCUT2D eigenvalue weighted by molar-refractivity contribution is 0.103.